The Morgan fingerprint density at radius 2 is 2.35 bits per heavy atom. The van der Waals surface area contributed by atoms with E-state index in [4.69, 9.17) is 0 Å². The van der Waals surface area contributed by atoms with Crippen LogP contribution in [0, 0.1) is 0 Å². The lowest BCUT2D eigenvalue weighted by Crippen LogP contribution is -2.19. The van der Waals surface area contributed by atoms with Crippen LogP contribution in [0.4, 0.5) is 0 Å². The van der Waals surface area contributed by atoms with Crippen molar-refractivity contribution in [2.45, 2.75) is 18.9 Å². The van der Waals surface area contributed by atoms with E-state index in [1.807, 2.05) is 24.7 Å². The lowest BCUT2D eigenvalue weighted by Gasteiger charge is -2.15. The molecule has 0 spiro atoms. The zero-order valence-corrected chi connectivity index (χ0v) is 9.71. The number of nitrogens with one attached hydrogen (secondary N) is 1. The lowest BCUT2D eigenvalue weighted by atomic mass is 10.1. The van der Waals surface area contributed by atoms with E-state index in [1.165, 1.54) is 17.7 Å². The molecule has 0 saturated carbocycles. The van der Waals surface area contributed by atoms with Crippen LogP contribution in [0.1, 0.15) is 23.6 Å². The van der Waals surface area contributed by atoms with Crippen LogP contribution in [-0.4, -0.2) is 33.2 Å². The minimum atomic E-state index is 0.606. The van der Waals surface area contributed by atoms with Gasteiger partial charge in [-0.2, -0.15) is 5.10 Å². The first kappa shape index (κ1) is 10.5. The van der Waals surface area contributed by atoms with Gasteiger partial charge in [-0.25, -0.2) is 0 Å². The topological polar surface area (TPSA) is 44.8 Å². The van der Waals surface area contributed by atoms with Gasteiger partial charge in [0.05, 0.1) is 0 Å². The third-order valence-corrected chi connectivity index (χ3v) is 3.36. The van der Waals surface area contributed by atoms with Gasteiger partial charge < -0.3 is 0 Å². The van der Waals surface area contributed by atoms with Crippen LogP contribution in [0.15, 0.2) is 36.8 Å². The maximum Gasteiger partial charge on any atom is 0.0490 e. The second-order valence-electron chi connectivity index (χ2n) is 4.59. The van der Waals surface area contributed by atoms with Gasteiger partial charge in [-0.15, -0.1) is 0 Å². The number of rotatable bonds is 3. The Balaban J connectivity index is 1.61. The number of H-pyrrole nitrogens is 1. The van der Waals surface area contributed by atoms with Gasteiger partial charge in [0, 0.05) is 43.3 Å². The summed E-state index contributed by atoms with van der Waals surface area (Å²) in [5, 5.41) is 7.10. The summed E-state index contributed by atoms with van der Waals surface area (Å²) in [6.45, 7) is 3.26. The van der Waals surface area contributed by atoms with Crippen LogP contribution in [0.3, 0.4) is 0 Å². The maximum atomic E-state index is 4.15. The molecule has 3 heterocycles. The molecule has 3 rings (SSSR count). The maximum absolute atomic E-state index is 4.15. The van der Waals surface area contributed by atoms with E-state index in [0.717, 1.165) is 19.6 Å². The Hall–Kier alpha value is -1.68. The minimum Gasteiger partial charge on any atom is -0.298 e. The first-order valence-corrected chi connectivity index (χ1v) is 6.02. The van der Waals surface area contributed by atoms with Crippen molar-refractivity contribution in [2.75, 3.05) is 13.1 Å². The molecular weight excluding hydrogens is 212 g/mol. The molecule has 17 heavy (non-hydrogen) atoms. The van der Waals surface area contributed by atoms with E-state index >= 15 is 0 Å². The first-order chi connectivity index (χ1) is 8.42. The van der Waals surface area contributed by atoms with Crippen molar-refractivity contribution in [3.8, 4) is 0 Å². The van der Waals surface area contributed by atoms with Gasteiger partial charge in [0.2, 0.25) is 0 Å². The summed E-state index contributed by atoms with van der Waals surface area (Å²) in [5.74, 6) is 0.606. The molecule has 0 aliphatic carbocycles. The minimum absolute atomic E-state index is 0.606. The predicted octanol–water partition coefficient (Wildman–Crippen LogP) is 1.79. The Morgan fingerprint density at radius 3 is 3.12 bits per heavy atom. The molecule has 0 aromatic carbocycles. The molecule has 4 nitrogen and oxygen atoms in total. The van der Waals surface area contributed by atoms with Crippen molar-refractivity contribution < 1.29 is 0 Å². The van der Waals surface area contributed by atoms with Crippen molar-refractivity contribution >= 4 is 0 Å². The molecule has 2 aromatic rings. The van der Waals surface area contributed by atoms with Crippen molar-refractivity contribution in [2.24, 2.45) is 0 Å². The van der Waals surface area contributed by atoms with Crippen LogP contribution < -0.4 is 0 Å². The lowest BCUT2D eigenvalue weighted by molar-refractivity contribution is 0.326. The van der Waals surface area contributed by atoms with E-state index in [1.54, 1.807) is 0 Å². The summed E-state index contributed by atoms with van der Waals surface area (Å²) in [5.41, 5.74) is 2.55. The van der Waals surface area contributed by atoms with Gasteiger partial charge in [-0.1, -0.05) is 6.07 Å². The van der Waals surface area contributed by atoms with Gasteiger partial charge in [-0.3, -0.25) is 15.0 Å². The number of hydrogen-bond acceptors (Lipinski definition) is 3. The number of nitrogens with zero attached hydrogens (tertiary/aromatic N) is 3. The molecule has 0 radical (unpaired) electrons. The van der Waals surface area contributed by atoms with Crippen LogP contribution in [0.2, 0.25) is 0 Å². The fraction of sp³-hybridized carbons (Fsp3) is 0.385. The molecular formula is C13H16N4. The van der Waals surface area contributed by atoms with Gasteiger partial charge in [-0.05, 0) is 30.7 Å². The molecule has 4 heteroatoms. The monoisotopic (exact) mass is 228 g/mol. The summed E-state index contributed by atoms with van der Waals surface area (Å²) in [6.07, 6.45) is 6.81. The van der Waals surface area contributed by atoms with E-state index in [-0.39, 0.29) is 0 Å². The molecule has 1 aliphatic heterocycles. The summed E-state index contributed by atoms with van der Waals surface area (Å²) < 4.78 is 0. The highest BCUT2D eigenvalue weighted by molar-refractivity contribution is 5.11. The third-order valence-electron chi connectivity index (χ3n) is 3.36. The second kappa shape index (κ2) is 4.67. The van der Waals surface area contributed by atoms with Crippen molar-refractivity contribution in [1.29, 1.82) is 0 Å². The first-order valence-electron chi connectivity index (χ1n) is 6.02. The smallest absolute Gasteiger partial charge is 0.0490 e. The largest absolute Gasteiger partial charge is 0.298 e. The van der Waals surface area contributed by atoms with Gasteiger partial charge in [0.25, 0.3) is 0 Å². The molecule has 0 amide bonds. The van der Waals surface area contributed by atoms with Gasteiger partial charge in [0.1, 0.15) is 0 Å². The molecule has 1 fully saturated rings. The Bertz CT molecular complexity index is 452. The second-order valence-corrected chi connectivity index (χ2v) is 4.59. The zero-order valence-electron chi connectivity index (χ0n) is 9.71. The van der Waals surface area contributed by atoms with E-state index in [2.05, 4.69) is 32.2 Å². The highest BCUT2D eigenvalue weighted by atomic mass is 15.2. The molecule has 0 bridgehead atoms. The summed E-state index contributed by atoms with van der Waals surface area (Å²) >= 11 is 0. The molecule has 1 aliphatic rings. The molecule has 0 unspecified atom stereocenters. The Morgan fingerprint density at radius 1 is 1.35 bits per heavy atom. The van der Waals surface area contributed by atoms with Crippen LogP contribution in [0.5, 0.6) is 0 Å². The van der Waals surface area contributed by atoms with Crippen LogP contribution >= 0.6 is 0 Å². The highest BCUT2D eigenvalue weighted by Gasteiger charge is 2.24. The predicted molar refractivity (Wildman–Crippen MR) is 65.5 cm³/mol. The van der Waals surface area contributed by atoms with E-state index in [0.29, 0.717) is 5.92 Å². The molecule has 1 atom stereocenters. The Kier molecular flexibility index (Phi) is 2.88. The zero-order chi connectivity index (χ0) is 11.5. The SMILES string of the molecule is c1cncc(CN2CC[C@H](c3ccn[nH]3)C2)c1. The standard InChI is InChI=1S/C13H16N4/c1-2-11(8-14-5-1)9-17-7-4-12(10-17)13-3-6-15-16-13/h1-3,5-6,8,12H,4,7,9-10H2,(H,15,16)/t12-/m0/s1. The molecule has 88 valence electrons. The fourth-order valence-corrected chi connectivity index (χ4v) is 2.47. The summed E-state index contributed by atoms with van der Waals surface area (Å²) in [7, 11) is 0. The number of likely N-dealkylation sites (tertiary alicyclic amines) is 1. The summed E-state index contributed by atoms with van der Waals surface area (Å²) in [6, 6.07) is 6.21. The van der Waals surface area contributed by atoms with Crippen LogP contribution in [0.25, 0.3) is 0 Å². The van der Waals surface area contributed by atoms with Crippen LogP contribution in [-0.2, 0) is 6.54 Å². The molecule has 2 aromatic heterocycles. The number of aromatic amines is 1. The van der Waals surface area contributed by atoms with Gasteiger partial charge in [0.15, 0.2) is 0 Å². The van der Waals surface area contributed by atoms with Crippen molar-refractivity contribution in [1.82, 2.24) is 20.1 Å². The average Bonchev–Trinajstić information content (AvgIpc) is 3.00. The van der Waals surface area contributed by atoms with Crippen molar-refractivity contribution in [3.63, 3.8) is 0 Å². The van der Waals surface area contributed by atoms with Gasteiger partial charge >= 0.3 is 0 Å². The van der Waals surface area contributed by atoms with E-state index in [9.17, 15) is 0 Å². The Labute approximate surface area is 101 Å². The molecule has 1 saturated heterocycles. The number of pyridine rings is 1. The van der Waals surface area contributed by atoms with Crippen molar-refractivity contribution in [3.05, 3.63) is 48.0 Å². The highest BCUT2D eigenvalue weighted by Crippen LogP contribution is 2.26. The fourth-order valence-electron chi connectivity index (χ4n) is 2.47. The molecule has 1 N–H and O–H groups in total. The number of aromatic nitrogens is 3. The van der Waals surface area contributed by atoms with E-state index < -0.39 is 0 Å². The average molecular weight is 228 g/mol. The normalized spacial score (nSPS) is 20.8. The quantitative estimate of drug-likeness (QED) is 0.871. The summed E-state index contributed by atoms with van der Waals surface area (Å²) in [4.78, 5) is 6.63. The third kappa shape index (κ3) is 2.36. The number of hydrogen-bond donors (Lipinski definition) is 1.